The van der Waals surface area contributed by atoms with Gasteiger partial charge in [-0.3, -0.25) is 9.80 Å². The Bertz CT molecular complexity index is 302. The molecule has 2 aliphatic rings. The zero-order chi connectivity index (χ0) is 9.97. The maximum atomic E-state index is 2.17. The van der Waals surface area contributed by atoms with E-state index in [4.69, 9.17) is 0 Å². The molecular weight excluding hydrogens is 172 g/mol. The molecule has 0 aromatic heterocycles. The molecule has 0 saturated heterocycles. The van der Waals surface area contributed by atoms with Gasteiger partial charge in [-0.1, -0.05) is 0 Å². The molecule has 0 atom stereocenters. The Balaban J connectivity index is 2.26. The number of rotatable bonds is 0. The largest absolute Gasteiger partial charge is 0.285 e. The van der Waals surface area contributed by atoms with Crippen LogP contribution in [0.5, 0.6) is 0 Å². The Hall–Kier alpha value is -1.38. The van der Waals surface area contributed by atoms with Gasteiger partial charge in [0.25, 0.3) is 0 Å². The lowest BCUT2D eigenvalue weighted by molar-refractivity contribution is -0.766. The summed E-state index contributed by atoms with van der Waals surface area (Å²) in [7, 11) is 4.22. The molecule has 2 N–H and O–H groups in total. The fourth-order valence-corrected chi connectivity index (χ4v) is 1.49. The van der Waals surface area contributed by atoms with Crippen LogP contribution in [0.15, 0.2) is 60.3 Å². The van der Waals surface area contributed by atoms with Crippen molar-refractivity contribution in [2.24, 2.45) is 0 Å². The second-order valence-electron chi connectivity index (χ2n) is 3.73. The van der Waals surface area contributed by atoms with E-state index in [1.54, 1.807) is 0 Å². The summed E-state index contributed by atoms with van der Waals surface area (Å²) in [5.41, 5.74) is 2.58. The molecule has 0 fully saturated rings. The van der Waals surface area contributed by atoms with Gasteiger partial charge >= 0.3 is 0 Å². The van der Waals surface area contributed by atoms with Crippen molar-refractivity contribution < 1.29 is 9.80 Å². The van der Waals surface area contributed by atoms with Crippen LogP contribution in [-0.4, -0.2) is 14.1 Å². The van der Waals surface area contributed by atoms with Gasteiger partial charge in [0.15, 0.2) is 0 Å². The van der Waals surface area contributed by atoms with E-state index in [0.717, 1.165) is 0 Å². The Morgan fingerprint density at radius 2 is 0.929 bits per heavy atom. The van der Waals surface area contributed by atoms with Crippen LogP contribution < -0.4 is 9.80 Å². The molecule has 2 heteroatoms. The molecule has 0 amide bonds. The third-order valence-electron chi connectivity index (χ3n) is 2.44. The second kappa shape index (κ2) is 3.78. The lowest BCUT2D eigenvalue weighted by Gasteiger charge is -2.11. The highest BCUT2D eigenvalue weighted by Gasteiger charge is 2.06. The maximum absolute atomic E-state index is 2.17. The minimum absolute atomic E-state index is 1.29. The summed E-state index contributed by atoms with van der Waals surface area (Å²) in [5.74, 6) is 0. The van der Waals surface area contributed by atoms with Gasteiger partial charge in [0.2, 0.25) is 0 Å². The highest BCUT2D eigenvalue weighted by molar-refractivity contribution is 5.46. The maximum Gasteiger partial charge on any atom is 0.0992 e. The minimum Gasteiger partial charge on any atom is -0.285 e. The topological polar surface area (TPSA) is 8.88 Å². The average Bonchev–Trinajstić information content (AvgIpc) is 2.21. The lowest BCUT2D eigenvalue weighted by Crippen LogP contribution is -2.99. The quantitative estimate of drug-likeness (QED) is 0.502. The Morgan fingerprint density at radius 3 is 1.21 bits per heavy atom. The Morgan fingerprint density at radius 1 is 0.643 bits per heavy atom. The molecule has 2 heterocycles. The molecule has 2 nitrogen and oxygen atoms in total. The van der Waals surface area contributed by atoms with Crippen LogP contribution in [0.25, 0.3) is 0 Å². The van der Waals surface area contributed by atoms with Gasteiger partial charge in [-0.25, -0.2) is 0 Å². The number of allylic oxidation sites excluding steroid dienone is 6. The first-order valence-electron chi connectivity index (χ1n) is 4.89. The van der Waals surface area contributed by atoms with Crippen LogP contribution in [0.4, 0.5) is 0 Å². The predicted octanol–water partition coefficient (Wildman–Crippen LogP) is -0.606. The number of quaternary nitrogens is 2. The molecular formula is C12H16N2+2. The molecule has 0 radical (unpaired) electrons. The minimum atomic E-state index is 1.29. The van der Waals surface area contributed by atoms with Gasteiger partial charge in [0.1, 0.15) is 0 Å². The SMILES string of the molecule is C[NH+]1C=CC(=C2C=C[NH+](C)C=C2)C=C1. The van der Waals surface area contributed by atoms with Gasteiger partial charge in [0.05, 0.1) is 38.9 Å². The summed E-state index contributed by atoms with van der Waals surface area (Å²) in [6.07, 6.45) is 17.3. The molecule has 0 saturated carbocycles. The molecule has 0 bridgehead atoms. The summed E-state index contributed by atoms with van der Waals surface area (Å²) in [6, 6.07) is 0. The molecule has 2 aliphatic heterocycles. The van der Waals surface area contributed by atoms with Crippen molar-refractivity contribution >= 4 is 0 Å². The number of nitrogens with one attached hydrogen (secondary N) is 2. The zero-order valence-corrected chi connectivity index (χ0v) is 8.62. The summed E-state index contributed by atoms with van der Waals surface area (Å²) in [6.45, 7) is 0. The summed E-state index contributed by atoms with van der Waals surface area (Å²) < 4.78 is 0. The third-order valence-corrected chi connectivity index (χ3v) is 2.44. The van der Waals surface area contributed by atoms with E-state index < -0.39 is 0 Å². The molecule has 0 aromatic rings. The fraction of sp³-hybridized carbons (Fsp3) is 0.167. The normalized spacial score (nSPS) is 30.1. The second-order valence-corrected chi connectivity index (χ2v) is 3.73. The van der Waals surface area contributed by atoms with E-state index in [1.807, 2.05) is 0 Å². The molecule has 0 unspecified atom stereocenters. The first-order chi connectivity index (χ1) is 6.75. The molecule has 72 valence electrons. The molecule has 0 aliphatic carbocycles. The van der Waals surface area contributed by atoms with E-state index in [0.29, 0.717) is 0 Å². The van der Waals surface area contributed by atoms with Gasteiger partial charge in [-0.05, 0) is 35.5 Å². The van der Waals surface area contributed by atoms with Crippen molar-refractivity contribution in [3.05, 3.63) is 60.3 Å². The summed E-state index contributed by atoms with van der Waals surface area (Å²) >= 11 is 0. The molecule has 2 rings (SSSR count). The van der Waals surface area contributed by atoms with Crippen LogP contribution in [0, 0.1) is 0 Å². The predicted molar refractivity (Wildman–Crippen MR) is 57.4 cm³/mol. The summed E-state index contributed by atoms with van der Waals surface area (Å²) in [5, 5.41) is 0. The molecule has 14 heavy (non-hydrogen) atoms. The van der Waals surface area contributed by atoms with Crippen LogP contribution >= 0.6 is 0 Å². The van der Waals surface area contributed by atoms with Crippen molar-refractivity contribution in [3.8, 4) is 0 Å². The standard InChI is InChI=1S/C12H14N2/c1-13-7-3-11(4-8-13)12-5-9-14(2)10-6-12/h3-10H,1-2H3/p+2. The average molecular weight is 188 g/mol. The lowest BCUT2D eigenvalue weighted by atomic mass is 10.1. The van der Waals surface area contributed by atoms with Gasteiger partial charge < -0.3 is 0 Å². The number of hydrogen-bond acceptors (Lipinski definition) is 0. The van der Waals surface area contributed by atoms with E-state index in [1.165, 1.54) is 20.9 Å². The zero-order valence-electron chi connectivity index (χ0n) is 8.62. The first kappa shape index (κ1) is 9.19. The van der Waals surface area contributed by atoms with Gasteiger partial charge in [-0.2, -0.15) is 0 Å². The Labute approximate surface area is 84.8 Å². The van der Waals surface area contributed by atoms with Crippen molar-refractivity contribution in [3.63, 3.8) is 0 Å². The highest BCUT2D eigenvalue weighted by Crippen LogP contribution is 2.12. The monoisotopic (exact) mass is 188 g/mol. The van der Waals surface area contributed by atoms with Crippen molar-refractivity contribution in [1.29, 1.82) is 0 Å². The molecule has 0 aromatic carbocycles. The van der Waals surface area contributed by atoms with E-state index in [2.05, 4.69) is 63.2 Å². The molecule has 0 spiro atoms. The van der Waals surface area contributed by atoms with Crippen molar-refractivity contribution in [1.82, 2.24) is 0 Å². The fourth-order valence-electron chi connectivity index (χ4n) is 1.49. The summed E-state index contributed by atoms with van der Waals surface area (Å²) in [4.78, 5) is 2.61. The Kier molecular flexibility index (Phi) is 2.48. The highest BCUT2D eigenvalue weighted by atomic mass is 15.1. The van der Waals surface area contributed by atoms with E-state index in [9.17, 15) is 0 Å². The van der Waals surface area contributed by atoms with Crippen molar-refractivity contribution in [2.75, 3.05) is 14.1 Å². The van der Waals surface area contributed by atoms with Crippen molar-refractivity contribution in [2.45, 2.75) is 0 Å². The van der Waals surface area contributed by atoms with Crippen LogP contribution in [0.3, 0.4) is 0 Å². The third kappa shape index (κ3) is 1.92. The smallest absolute Gasteiger partial charge is 0.0992 e. The van der Waals surface area contributed by atoms with Crippen LogP contribution in [0.2, 0.25) is 0 Å². The number of hydrogen-bond donors (Lipinski definition) is 2. The van der Waals surface area contributed by atoms with Crippen LogP contribution in [0.1, 0.15) is 0 Å². The van der Waals surface area contributed by atoms with E-state index >= 15 is 0 Å². The van der Waals surface area contributed by atoms with Gasteiger partial charge in [-0.15, -0.1) is 0 Å². The van der Waals surface area contributed by atoms with Gasteiger partial charge in [0, 0.05) is 0 Å². The first-order valence-corrected chi connectivity index (χ1v) is 4.89. The van der Waals surface area contributed by atoms with Crippen LogP contribution in [-0.2, 0) is 0 Å². The van der Waals surface area contributed by atoms with E-state index in [-0.39, 0.29) is 0 Å².